The molecule has 1 fully saturated rings. The number of allylic oxidation sites excluding steroid dienone is 4. The van der Waals surface area contributed by atoms with Crippen LogP contribution in [0.15, 0.2) is 24.3 Å². The second-order valence-corrected chi connectivity index (χ2v) is 18.3. The summed E-state index contributed by atoms with van der Waals surface area (Å²) in [5.41, 5.74) is 0. The van der Waals surface area contributed by atoms with Crippen molar-refractivity contribution in [1.29, 1.82) is 0 Å². The van der Waals surface area contributed by atoms with Gasteiger partial charge in [0.05, 0.1) is 13.2 Å². The maximum absolute atomic E-state index is 12.8. The van der Waals surface area contributed by atoms with Crippen LogP contribution in [0.3, 0.4) is 0 Å². The lowest BCUT2D eigenvalue weighted by Gasteiger charge is -2.39. The van der Waals surface area contributed by atoms with Gasteiger partial charge in [0.25, 0.3) is 0 Å². The highest BCUT2D eigenvalue weighted by atomic mass is 16.7. The Hall–Kier alpha value is -1.82. The molecule has 0 saturated carbocycles. The van der Waals surface area contributed by atoms with E-state index in [-0.39, 0.29) is 32.0 Å². The standard InChI is InChI=1S/C53H98O10/c1-3-5-7-9-11-13-15-17-19-21-22-23-24-26-28-30-32-34-36-38-40-42-49(56)62-46(45-61-53-52(59)51(58)50(57)47(43-54)63-53)44-60-48(55)41-39-37-35-33-31-29-27-25-20-18-16-14-12-10-8-6-4-2/h14,16-17,19,46-47,50-54,57-59H,3-13,15,18,20-45H2,1-2H3/b16-14+,19-17+/t46-,47-,50+,51?,52?,53-/m1/s1. The third-order valence-corrected chi connectivity index (χ3v) is 12.3. The Morgan fingerprint density at radius 3 is 1.25 bits per heavy atom. The Bertz CT molecular complexity index is 1080. The molecule has 1 aliphatic heterocycles. The van der Waals surface area contributed by atoms with Crippen LogP contribution in [-0.2, 0) is 28.5 Å². The van der Waals surface area contributed by atoms with Gasteiger partial charge < -0.3 is 39.4 Å². The highest BCUT2D eigenvalue weighted by Gasteiger charge is 2.44. The van der Waals surface area contributed by atoms with E-state index in [9.17, 15) is 30.0 Å². The number of carbonyl (C=O) groups excluding carboxylic acids is 2. The number of esters is 2. The van der Waals surface area contributed by atoms with E-state index in [2.05, 4.69) is 38.2 Å². The number of rotatable bonds is 45. The summed E-state index contributed by atoms with van der Waals surface area (Å²) in [5, 5.41) is 40.2. The van der Waals surface area contributed by atoms with Crippen LogP contribution in [0.4, 0.5) is 0 Å². The molecular weight excluding hydrogens is 797 g/mol. The molecule has 1 heterocycles. The van der Waals surface area contributed by atoms with Gasteiger partial charge in [0.15, 0.2) is 12.4 Å². The van der Waals surface area contributed by atoms with E-state index in [1.807, 2.05) is 0 Å². The average Bonchev–Trinajstić information content (AvgIpc) is 3.28. The Morgan fingerprint density at radius 1 is 0.476 bits per heavy atom. The highest BCUT2D eigenvalue weighted by molar-refractivity contribution is 5.70. The number of carbonyl (C=O) groups is 2. The SMILES string of the molecule is CCCCCC/C=C/CCCCCCCCCCCC(=O)OC[C@H](CO[C@@H]1O[C@H](CO)[C@H](O)C(O)C1O)OC(=O)CCCCCCCCCCCCC/C=C/CCCCCCCC. The summed E-state index contributed by atoms with van der Waals surface area (Å²) in [7, 11) is 0. The van der Waals surface area contributed by atoms with E-state index < -0.39 is 49.4 Å². The fourth-order valence-electron chi connectivity index (χ4n) is 8.12. The van der Waals surface area contributed by atoms with E-state index in [1.54, 1.807) is 0 Å². The number of hydrogen-bond donors (Lipinski definition) is 4. The van der Waals surface area contributed by atoms with Gasteiger partial charge in [-0.05, 0) is 64.2 Å². The molecule has 2 unspecified atom stereocenters. The second kappa shape index (κ2) is 44.0. The number of unbranched alkanes of at least 4 members (excludes halogenated alkanes) is 30. The summed E-state index contributed by atoms with van der Waals surface area (Å²) in [6.45, 7) is 3.44. The van der Waals surface area contributed by atoms with Crippen molar-refractivity contribution in [2.24, 2.45) is 0 Å². The zero-order valence-corrected chi connectivity index (χ0v) is 40.6. The molecule has 4 N–H and O–H groups in total. The first-order valence-corrected chi connectivity index (χ1v) is 26.4. The number of aliphatic hydroxyl groups excluding tert-OH is 4. The zero-order valence-electron chi connectivity index (χ0n) is 40.6. The number of ether oxygens (including phenoxy) is 4. The topological polar surface area (TPSA) is 152 Å². The molecular formula is C53H98O10. The first kappa shape index (κ1) is 59.2. The van der Waals surface area contributed by atoms with Crippen LogP contribution in [-0.4, -0.2) is 89.0 Å². The fraction of sp³-hybridized carbons (Fsp3) is 0.887. The Labute approximate surface area is 385 Å². The molecule has 0 radical (unpaired) electrons. The van der Waals surface area contributed by atoms with Crippen molar-refractivity contribution >= 4 is 11.9 Å². The first-order valence-electron chi connectivity index (χ1n) is 26.4. The van der Waals surface area contributed by atoms with Crippen LogP contribution in [0.2, 0.25) is 0 Å². The second-order valence-electron chi connectivity index (χ2n) is 18.3. The van der Waals surface area contributed by atoms with Crippen molar-refractivity contribution in [2.45, 2.75) is 282 Å². The quantitative estimate of drug-likeness (QED) is 0.0264. The van der Waals surface area contributed by atoms with E-state index in [4.69, 9.17) is 18.9 Å². The number of hydrogen-bond acceptors (Lipinski definition) is 10. The van der Waals surface area contributed by atoms with Gasteiger partial charge in [-0.3, -0.25) is 9.59 Å². The summed E-state index contributed by atoms with van der Waals surface area (Å²) in [4.78, 5) is 25.5. The highest BCUT2D eigenvalue weighted by Crippen LogP contribution is 2.23. The van der Waals surface area contributed by atoms with Gasteiger partial charge in [0.2, 0.25) is 0 Å². The number of aliphatic hydroxyl groups is 4. The van der Waals surface area contributed by atoms with Crippen LogP contribution < -0.4 is 0 Å². The average molecular weight is 895 g/mol. The molecule has 10 nitrogen and oxygen atoms in total. The molecule has 1 saturated heterocycles. The summed E-state index contributed by atoms with van der Waals surface area (Å²) >= 11 is 0. The Balaban J connectivity index is 2.24. The molecule has 0 amide bonds. The molecule has 10 heteroatoms. The third kappa shape index (κ3) is 35.1. The molecule has 1 aliphatic rings. The maximum atomic E-state index is 12.8. The Morgan fingerprint density at radius 2 is 0.841 bits per heavy atom. The minimum absolute atomic E-state index is 0.215. The van der Waals surface area contributed by atoms with Crippen LogP contribution in [0.1, 0.15) is 245 Å². The van der Waals surface area contributed by atoms with Gasteiger partial charge in [-0.25, -0.2) is 0 Å². The summed E-state index contributed by atoms with van der Waals surface area (Å²) in [6, 6.07) is 0. The predicted molar refractivity (Wildman–Crippen MR) is 256 cm³/mol. The van der Waals surface area contributed by atoms with Gasteiger partial charge >= 0.3 is 11.9 Å². The maximum Gasteiger partial charge on any atom is 0.306 e. The van der Waals surface area contributed by atoms with Crippen LogP contribution >= 0.6 is 0 Å². The van der Waals surface area contributed by atoms with Gasteiger partial charge in [0, 0.05) is 12.8 Å². The first-order chi connectivity index (χ1) is 30.8. The molecule has 1 rings (SSSR count). The molecule has 0 aromatic carbocycles. The van der Waals surface area contributed by atoms with E-state index >= 15 is 0 Å². The lowest BCUT2D eigenvalue weighted by atomic mass is 9.99. The van der Waals surface area contributed by atoms with E-state index in [0.29, 0.717) is 6.42 Å². The molecule has 0 bridgehead atoms. The third-order valence-electron chi connectivity index (χ3n) is 12.3. The summed E-state index contributed by atoms with van der Waals surface area (Å²) < 4.78 is 22.3. The molecule has 370 valence electrons. The summed E-state index contributed by atoms with van der Waals surface area (Å²) in [5.74, 6) is -0.799. The van der Waals surface area contributed by atoms with Crippen molar-refractivity contribution in [1.82, 2.24) is 0 Å². The van der Waals surface area contributed by atoms with Crippen molar-refractivity contribution in [3.63, 3.8) is 0 Å². The minimum atomic E-state index is -1.59. The van der Waals surface area contributed by atoms with Crippen LogP contribution in [0.25, 0.3) is 0 Å². The predicted octanol–water partition coefficient (Wildman–Crippen LogP) is 12.5. The largest absolute Gasteiger partial charge is 0.462 e. The zero-order chi connectivity index (χ0) is 45.9. The normalized spacial score (nSPS) is 19.6. The molecule has 6 atom stereocenters. The smallest absolute Gasteiger partial charge is 0.306 e. The molecule has 0 spiro atoms. The van der Waals surface area contributed by atoms with Crippen molar-refractivity contribution in [3.05, 3.63) is 24.3 Å². The van der Waals surface area contributed by atoms with Gasteiger partial charge in [-0.1, -0.05) is 192 Å². The van der Waals surface area contributed by atoms with Crippen LogP contribution in [0, 0.1) is 0 Å². The van der Waals surface area contributed by atoms with E-state index in [0.717, 1.165) is 44.9 Å². The van der Waals surface area contributed by atoms with Gasteiger partial charge in [-0.15, -0.1) is 0 Å². The van der Waals surface area contributed by atoms with Gasteiger partial charge in [-0.2, -0.15) is 0 Å². The summed E-state index contributed by atoms with van der Waals surface area (Å²) in [6.07, 6.45) is 43.2. The van der Waals surface area contributed by atoms with Crippen molar-refractivity contribution in [2.75, 3.05) is 19.8 Å². The van der Waals surface area contributed by atoms with E-state index in [1.165, 1.54) is 167 Å². The van der Waals surface area contributed by atoms with Crippen molar-refractivity contribution in [3.8, 4) is 0 Å². The minimum Gasteiger partial charge on any atom is -0.462 e. The monoisotopic (exact) mass is 895 g/mol. The van der Waals surface area contributed by atoms with Crippen molar-refractivity contribution < 1.29 is 49.0 Å². The molecule has 0 aliphatic carbocycles. The lowest BCUT2D eigenvalue weighted by molar-refractivity contribution is -0.305. The molecule has 0 aromatic rings. The fourth-order valence-corrected chi connectivity index (χ4v) is 8.12. The van der Waals surface area contributed by atoms with Gasteiger partial charge in [0.1, 0.15) is 31.0 Å². The molecule has 63 heavy (non-hydrogen) atoms. The molecule has 0 aromatic heterocycles. The lowest BCUT2D eigenvalue weighted by Crippen LogP contribution is -2.59. The van der Waals surface area contributed by atoms with Crippen LogP contribution in [0.5, 0.6) is 0 Å². The Kier molecular flexibility index (Phi) is 41.4.